The van der Waals surface area contributed by atoms with Crippen LogP contribution in [0.3, 0.4) is 0 Å². The van der Waals surface area contributed by atoms with E-state index in [4.69, 9.17) is 4.42 Å². The molecule has 7 nitrogen and oxygen atoms in total. The van der Waals surface area contributed by atoms with Crippen LogP contribution >= 0.6 is 0 Å². The lowest BCUT2D eigenvalue weighted by molar-refractivity contribution is -0.116. The van der Waals surface area contributed by atoms with Gasteiger partial charge in [-0.1, -0.05) is 0 Å². The summed E-state index contributed by atoms with van der Waals surface area (Å²) in [6.07, 6.45) is 5.19. The summed E-state index contributed by atoms with van der Waals surface area (Å²) in [6.45, 7) is 0.265. The van der Waals surface area contributed by atoms with Gasteiger partial charge in [0.05, 0.1) is 18.6 Å². The molecule has 2 aromatic heterocycles. The number of aryl methyl sites for hydroxylation is 2. The van der Waals surface area contributed by atoms with E-state index < -0.39 is 9.84 Å². The number of furan rings is 1. The number of carbonyl (C=O) groups is 1. The molecule has 1 amide bonds. The summed E-state index contributed by atoms with van der Waals surface area (Å²) >= 11 is 0. The number of hydrogen-bond donors (Lipinski definition) is 1. The molecule has 2 rings (SSSR count). The molecule has 0 saturated heterocycles. The third-order valence-corrected chi connectivity index (χ3v) is 3.70. The van der Waals surface area contributed by atoms with Gasteiger partial charge in [0.15, 0.2) is 5.82 Å². The summed E-state index contributed by atoms with van der Waals surface area (Å²) < 4.78 is 28.8. The van der Waals surface area contributed by atoms with Crippen LogP contribution in [0.5, 0.6) is 0 Å². The van der Waals surface area contributed by atoms with Crippen molar-refractivity contribution in [3.63, 3.8) is 0 Å². The highest BCUT2D eigenvalue weighted by atomic mass is 32.2. The Kier molecular flexibility index (Phi) is 4.79. The van der Waals surface area contributed by atoms with Gasteiger partial charge in [0.25, 0.3) is 0 Å². The highest BCUT2D eigenvalue weighted by Crippen LogP contribution is 2.07. The second kappa shape index (κ2) is 6.57. The average Bonchev–Trinajstić information content (AvgIpc) is 3.04. The van der Waals surface area contributed by atoms with Crippen LogP contribution in [-0.2, 0) is 27.6 Å². The molecule has 0 bridgehead atoms. The first-order valence-corrected chi connectivity index (χ1v) is 8.52. The standard InChI is InChI=1S/C13H17N3O4S/c1-21(18,19)10-8-16-7-6-12(15-16)14-13(17)5-4-11-3-2-9-20-11/h2-3,6-7,9H,4-5,8,10H2,1H3,(H,14,15,17). The van der Waals surface area contributed by atoms with Crippen LogP contribution in [0.15, 0.2) is 35.1 Å². The summed E-state index contributed by atoms with van der Waals surface area (Å²) in [7, 11) is -3.03. The number of carbonyl (C=O) groups excluding carboxylic acids is 1. The molecule has 21 heavy (non-hydrogen) atoms. The van der Waals surface area contributed by atoms with Crippen molar-refractivity contribution in [1.82, 2.24) is 9.78 Å². The first-order chi connectivity index (χ1) is 9.92. The third kappa shape index (κ3) is 5.42. The van der Waals surface area contributed by atoms with Crippen LogP contribution in [-0.4, -0.2) is 36.1 Å². The predicted octanol–water partition coefficient (Wildman–Crippen LogP) is 1.09. The molecule has 2 heterocycles. The maximum Gasteiger partial charge on any atom is 0.226 e. The van der Waals surface area contributed by atoms with E-state index in [0.717, 1.165) is 5.76 Å². The van der Waals surface area contributed by atoms with Crippen molar-refractivity contribution < 1.29 is 17.6 Å². The fourth-order valence-electron chi connectivity index (χ4n) is 1.71. The fourth-order valence-corrected chi connectivity index (χ4v) is 2.23. The number of rotatable bonds is 7. The molecule has 2 aromatic rings. The van der Waals surface area contributed by atoms with Gasteiger partial charge in [0.1, 0.15) is 15.6 Å². The van der Waals surface area contributed by atoms with Crippen molar-refractivity contribution in [2.75, 3.05) is 17.3 Å². The lowest BCUT2D eigenvalue weighted by Crippen LogP contribution is -2.14. The smallest absolute Gasteiger partial charge is 0.226 e. The number of nitrogens with one attached hydrogen (secondary N) is 1. The van der Waals surface area contributed by atoms with Crippen LogP contribution in [0.4, 0.5) is 5.82 Å². The second-order valence-electron chi connectivity index (χ2n) is 4.72. The number of hydrogen-bond acceptors (Lipinski definition) is 5. The predicted molar refractivity (Wildman–Crippen MR) is 77.6 cm³/mol. The van der Waals surface area contributed by atoms with Crippen molar-refractivity contribution in [1.29, 1.82) is 0 Å². The van der Waals surface area contributed by atoms with Crippen LogP contribution in [0.2, 0.25) is 0 Å². The Balaban J connectivity index is 1.80. The SMILES string of the molecule is CS(=O)(=O)CCn1ccc(NC(=O)CCc2ccco2)n1. The summed E-state index contributed by atoms with van der Waals surface area (Å²) in [5, 5.41) is 6.76. The van der Waals surface area contributed by atoms with E-state index >= 15 is 0 Å². The van der Waals surface area contributed by atoms with Crippen molar-refractivity contribution >= 4 is 21.6 Å². The van der Waals surface area contributed by atoms with E-state index in [-0.39, 0.29) is 18.2 Å². The third-order valence-electron chi connectivity index (χ3n) is 2.78. The lowest BCUT2D eigenvalue weighted by Gasteiger charge is -2.02. The van der Waals surface area contributed by atoms with E-state index in [2.05, 4.69) is 10.4 Å². The van der Waals surface area contributed by atoms with Crippen molar-refractivity contribution in [3.8, 4) is 0 Å². The van der Waals surface area contributed by atoms with E-state index in [1.807, 2.05) is 6.07 Å². The van der Waals surface area contributed by atoms with Crippen LogP contribution in [0.25, 0.3) is 0 Å². The molecule has 1 N–H and O–H groups in total. The van der Waals surface area contributed by atoms with Crippen LogP contribution < -0.4 is 5.32 Å². The molecule has 0 aliphatic carbocycles. The van der Waals surface area contributed by atoms with Gasteiger partial charge >= 0.3 is 0 Å². The minimum Gasteiger partial charge on any atom is -0.469 e. The van der Waals surface area contributed by atoms with Gasteiger partial charge in [-0.05, 0) is 12.1 Å². The van der Waals surface area contributed by atoms with Gasteiger partial charge in [-0.2, -0.15) is 5.10 Å². The quantitative estimate of drug-likeness (QED) is 0.826. The van der Waals surface area contributed by atoms with Crippen LogP contribution in [0.1, 0.15) is 12.2 Å². The Hall–Kier alpha value is -2.09. The maximum absolute atomic E-state index is 11.7. The summed E-state index contributed by atoms with van der Waals surface area (Å²) in [6, 6.07) is 5.22. The number of amides is 1. The molecular weight excluding hydrogens is 294 g/mol. The number of anilines is 1. The monoisotopic (exact) mass is 311 g/mol. The van der Waals surface area contributed by atoms with Gasteiger partial charge in [-0.15, -0.1) is 0 Å². The molecule has 0 saturated carbocycles. The summed E-state index contributed by atoms with van der Waals surface area (Å²) in [5.74, 6) is 1.01. The molecule has 0 atom stereocenters. The zero-order valence-electron chi connectivity index (χ0n) is 11.7. The maximum atomic E-state index is 11.7. The minimum atomic E-state index is -3.03. The largest absolute Gasteiger partial charge is 0.469 e. The minimum absolute atomic E-state index is 0.0144. The zero-order chi connectivity index (χ0) is 15.3. The van der Waals surface area contributed by atoms with Gasteiger partial charge in [-0.3, -0.25) is 9.48 Å². The number of aromatic nitrogens is 2. The number of sulfone groups is 1. The van der Waals surface area contributed by atoms with E-state index in [1.54, 1.807) is 24.6 Å². The fraction of sp³-hybridized carbons (Fsp3) is 0.385. The lowest BCUT2D eigenvalue weighted by atomic mass is 10.2. The second-order valence-corrected chi connectivity index (χ2v) is 6.98. The van der Waals surface area contributed by atoms with Gasteiger partial charge < -0.3 is 9.73 Å². The first-order valence-electron chi connectivity index (χ1n) is 6.46. The van der Waals surface area contributed by atoms with E-state index in [9.17, 15) is 13.2 Å². The molecule has 0 fully saturated rings. The highest BCUT2D eigenvalue weighted by molar-refractivity contribution is 7.90. The molecule has 8 heteroatoms. The average molecular weight is 311 g/mol. The Morgan fingerprint density at radius 1 is 1.43 bits per heavy atom. The molecule has 0 spiro atoms. The Morgan fingerprint density at radius 2 is 2.24 bits per heavy atom. The van der Waals surface area contributed by atoms with Gasteiger partial charge in [0, 0.05) is 31.4 Å². The topological polar surface area (TPSA) is 94.2 Å². The Labute approximate surface area is 122 Å². The zero-order valence-corrected chi connectivity index (χ0v) is 12.5. The number of nitrogens with zero attached hydrogens (tertiary/aromatic N) is 2. The van der Waals surface area contributed by atoms with E-state index in [1.165, 1.54) is 10.9 Å². The van der Waals surface area contributed by atoms with E-state index in [0.29, 0.717) is 18.7 Å². The molecule has 0 aliphatic heterocycles. The van der Waals surface area contributed by atoms with Gasteiger partial charge in [-0.25, -0.2) is 8.42 Å². The van der Waals surface area contributed by atoms with Gasteiger partial charge in [0.2, 0.25) is 5.91 Å². The molecular formula is C13H17N3O4S. The van der Waals surface area contributed by atoms with Crippen molar-refractivity contribution in [3.05, 3.63) is 36.4 Å². The van der Waals surface area contributed by atoms with Crippen LogP contribution in [0, 0.1) is 0 Å². The summed E-state index contributed by atoms with van der Waals surface area (Å²) in [4.78, 5) is 11.7. The molecule has 0 unspecified atom stereocenters. The normalized spacial score (nSPS) is 11.5. The molecule has 0 radical (unpaired) electrons. The molecule has 114 valence electrons. The van der Waals surface area contributed by atoms with Crippen molar-refractivity contribution in [2.45, 2.75) is 19.4 Å². The van der Waals surface area contributed by atoms with Crippen molar-refractivity contribution in [2.24, 2.45) is 0 Å². The highest BCUT2D eigenvalue weighted by Gasteiger charge is 2.08. The first kappa shape index (κ1) is 15.3. The Morgan fingerprint density at radius 3 is 2.90 bits per heavy atom. The molecule has 0 aromatic carbocycles. The molecule has 0 aliphatic rings. The Bertz CT molecular complexity index is 689. The summed E-state index contributed by atoms with van der Waals surface area (Å²) in [5.41, 5.74) is 0.